The highest BCUT2D eigenvalue weighted by Crippen LogP contribution is 2.34. The molecular weight excluding hydrogens is 389 g/mol. The van der Waals surface area contributed by atoms with Crippen molar-refractivity contribution < 1.29 is 9.50 Å². The third-order valence-electron chi connectivity index (χ3n) is 3.02. The maximum Gasteiger partial charge on any atom is 0.146 e. The first-order valence-corrected chi connectivity index (χ1v) is 7.78. The van der Waals surface area contributed by atoms with Gasteiger partial charge >= 0.3 is 0 Å². The number of hydrogen-bond acceptors (Lipinski definition) is 2. The van der Waals surface area contributed by atoms with Crippen molar-refractivity contribution in [3.05, 3.63) is 56.7 Å². The highest BCUT2D eigenvalue weighted by atomic mass is 79.9. The Bertz CT molecular complexity index is 596. The summed E-state index contributed by atoms with van der Waals surface area (Å²) in [6.07, 6.45) is 0. The van der Waals surface area contributed by atoms with Crippen LogP contribution >= 0.6 is 31.9 Å². The number of aromatic hydroxyl groups is 1. The molecule has 2 nitrogen and oxygen atoms in total. The summed E-state index contributed by atoms with van der Waals surface area (Å²) in [6.45, 7) is 3.24. The molecule has 0 aliphatic rings. The molecule has 106 valence electrons. The summed E-state index contributed by atoms with van der Waals surface area (Å²) in [5, 5.41) is 9.72. The molecule has 0 aliphatic heterocycles. The van der Waals surface area contributed by atoms with E-state index in [0.29, 0.717) is 27.7 Å². The molecule has 2 aromatic carbocycles. The molecule has 0 aromatic heterocycles. The summed E-state index contributed by atoms with van der Waals surface area (Å²) in [5.41, 5.74) is 1.56. The topological polar surface area (TPSA) is 23.5 Å². The highest BCUT2D eigenvalue weighted by molar-refractivity contribution is 9.11. The quantitative estimate of drug-likeness (QED) is 0.770. The predicted octanol–water partition coefficient (Wildman–Crippen LogP) is 5.08. The molecule has 0 radical (unpaired) electrons. The zero-order valence-corrected chi connectivity index (χ0v) is 14.1. The van der Waals surface area contributed by atoms with Crippen molar-refractivity contribution in [3.63, 3.8) is 0 Å². The monoisotopic (exact) mass is 401 g/mol. The van der Waals surface area contributed by atoms with Gasteiger partial charge in [-0.3, -0.25) is 0 Å². The van der Waals surface area contributed by atoms with Crippen LogP contribution in [0.5, 0.6) is 5.75 Å². The van der Waals surface area contributed by atoms with Crippen LogP contribution in [-0.4, -0.2) is 11.7 Å². The minimum atomic E-state index is -0.230. The first kappa shape index (κ1) is 15.3. The first-order chi connectivity index (χ1) is 9.52. The molecule has 0 spiro atoms. The normalized spacial score (nSPS) is 10.6. The molecule has 0 atom stereocenters. The minimum Gasteiger partial charge on any atom is -0.506 e. The number of halogens is 3. The molecule has 0 amide bonds. The van der Waals surface area contributed by atoms with Crippen molar-refractivity contribution >= 4 is 37.5 Å². The Kier molecular flexibility index (Phi) is 5.05. The fraction of sp³-hybridized carbons (Fsp3) is 0.200. The molecule has 0 fully saturated rings. The van der Waals surface area contributed by atoms with Gasteiger partial charge in [0, 0.05) is 13.1 Å². The van der Waals surface area contributed by atoms with Crippen molar-refractivity contribution in [1.82, 2.24) is 0 Å². The lowest BCUT2D eigenvalue weighted by atomic mass is 10.2. The van der Waals surface area contributed by atoms with Crippen LogP contribution in [0.3, 0.4) is 0 Å². The van der Waals surface area contributed by atoms with Gasteiger partial charge in [0.2, 0.25) is 0 Å². The van der Waals surface area contributed by atoms with E-state index in [1.165, 1.54) is 6.07 Å². The number of rotatable bonds is 4. The molecule has 0 saturated heterocycles. The fourth-order valence-corrected chi connectivity index (χ4v) is 3.29. The predicted molar refractivity (Wildman–Crippen MR) is 86.6 cm³/mol. The SMILES string of the molecule is CCN(Cc1cc(Br)c(O)c(Br)c1)c1ccccc1F. The number of hydrogen-bond donors (Lipinski definition) is 1. The van der Waals surface area contributed by atoms with Gasteiger partial charge in [0.15, 0.2) is 0 Å². The van der Waals surface area contributed by atoms with E-state index in [-0.39, 0.29) is 11.6 Å². The van der Waals surface area contributed by atoms with Crippen LogP contribution in [0.2, 0.25) is 0 Å². The fourth-order valence-electron chi connectivity index (χ4n) is 2.01. The largest absolute Gasteiger partial charge is 0.506 e. The van der Waals surface area contributed by atoms with Crippen molar-refractivity contribution in [2.75, 3.05) is 11.4 Å². The number of phenolic OH excluding ortho intramolecular Hbond substituents is 1. The van der Waals surface area contributed by atoms with Crippen LogP contribution in [-0.2, 0) is 6.54 Å². The number of para-hydroxylation sites is 1. The van der Waals surface area contributed by atoms with Crippen LogP contribution < -0.4 is 4.90 Å². The third kappa shape index (κ3) is 3.33. The molecule has 1 N–H and O–H groups in total. The van der Waals surface area contributed by atoms with Crippen molar-refractivity contribution in [3.8, 4) is 5.75 Å². The molecule has 0 aliphatic carbocycles. The van der Waals surface area contributed by atoms with Crippen LogP contribution in [0, 0.1) is 5.82 Å². The van der Waals surface area contributed by atoms with Gasteiger partial charge in [-0.2, -0.15) is 0 Å². The molecule has 2 rings (SSSR count). The van der Waals surface area contributed by atoms with Crippen molar-refractivity contribution in [2.45, 2.75) is 13.5 Å². The molecule has 0 bridgehead atoms. The summed E-state index contributed by atoms with van der Waals surface area (Å²) in [5.74, 6) is -0.0612. The number of phenols is 1. The van der Waals surface area contributed by atoms with Gasteiger partial charge in [-0.25, -0.2) is 4.39 Å². The van der Waals surface area contributed by atoms with Crippen LogP contribution in [0.4, 0.5) is 10.1 Å². The Balaban J connectivity index is 2.30. The average Bonchev–Trinajstić information content (AvgIpc) is 2.43. The van der Waals surface area contributed by atoms with E-state index >= 15 is 0 Å². The van der Waals surface area contributed by atoms with E-state index in [2.05, 4.69) is 31.9 Å². The molecule has 0 heterocycles. The Morgan fingerprint density at radius 2 is 1.75 bits per heavy atom. The van der Waals surface area contributed by atoms with Gasteiger partial charge in [0.1, 0.15) is 11.6 Å². The lowest BCUT2D eigenvalue weighted by molar-refractivity contribution is 0.468. The molecule has 2 aromatic rings. The highest BCUT2D eigenvalue weighted by Gasteiger charge is 2.12. The Morgan fingerprint density at radius 1 is 1.15 bits per heavy atom. The van der Waals surface area contributed by atoms with E-state index < -0.39 is 0 Å². The summed E-state index contributed by atoms with van der Waals surface area (Å²) in [7, 11) is 0. The van der Waals surface area contributed by atoms with Crippen molar-refractivity contribution in [1.29, 1.82) is 0 Å². The summed E-state index contributed by atoms with van der Waals surface area (Å²) in [6, 6.07) is 10.4. The molecule has 0 unspecified atom stereocenters. The van der Waals surface area contributed by atoms with Gasteiger partial charge in [0.25, 0.3) is 0 Å². The molecule has 5 heteroatoms. The summed E-state index contributed by atoms with van der Waals surface area (Å²) >= 11 is 6.61. The van der Waals surface area contributed by atoms with E-state index in [4.69, 9.17) is 0 Å². The minimum absolute atomic E-state index is 0.169. The van der Waals surface area contributed by atoms with Gasteiger partial charge in [-0.05, 0) is 68.6 Å². The van der Waals surface area contributed by atoms with E-state index in [9.17, 15) is 9.50 Å². The lowest BCUT2D eigenvalue weighted by Gasteiger charge is -2.24. The average molecular weight is 403 g/mol. The van der Waals surface area contributed by atoms with E-state index in [0.717, 1.165) is 5.56 Å². The van der Waals surface area contributed by atoms with Gasteiger partial charge in [-0.1, -0.05) is 12.1 Å². The smallest absolute Gasteiger partial charge is 0.146 e. The first-order valence-electron chi connectivity index (χ1n) is 6.19. The molecule has 0 saturated carbocycles. The second kappa shape index (κ2) is 6.59. The van der Waals surface area contributed by atoms with Crippen LogP contribution in [0.25, 0.3) is 0 Å². The maximum atomic E-state index is 13.9. The Morgan fingerprint density at radius 3 is 2.30 bits per heavy atom. The van der Waals surface area contributed by atoms with Crippen molar-refractivity contribution in [2.24, 2.45) is 0 Å². The maximum absolute atomic E-state index is 13.9. The third-order valence-corrected chi connectivity index (χ3v) is 4.23. The number of anilines is 1. The lowest BCUT2D eigenvalue weighted by Crippen LogP contribution is -2.23. The molecule has 20 heavy (non-hydrogen) atoms. The standard InChI is InChI=1S/C15H14Br2FNO/c1-2-19(14-6-4-3-5-13(14)18)9-10-7-11(16)15(20)12(17)8-10/h3-8,20H,2,9H2,1H3. The Labute approximate surface area is 134 Å². The van der Waals surface area contributed by atoms with Crippen LogP contribution in [0.1, 0.15) is 12.5 Å². The number of nitrogens with zero attached hydrogens (tertiary/aromatic N) is 1. The zero-order valence-electron chi connectivity index (χ0n) is 10.9. The van der Waals surface area contributed by atoms with Gasteiger partial charge < -0.3 is 10.0 Å². The second-order valence-corrected chi connectivity index (χ2v) is 6.08. The summed E-state index contributed by atoms with van der Waals surface area (Å²) < 4.78 is 15.1. The Hall–Kier alpha value is -1.07. The van der Waals surface area contributed by atoms with Gasteiger partial charge in [0.05, 0.1) is 14.6 Å². The molecular formula is C15H14Br2FNO. The summed E-state index contributed by atoms with van der Waals surface area (Å²) in [4.78, 5) is 1.95. The second-order valence-electron chi connectivity index (χ2n) is 4.37. The van der Waals surface area contributed by atoms with E-state index in [1.54, 1.807) is 12.1 Å². The van der Waals surface area contributed by atoms with E-state index in [1.807, 2.05) is 30.0 Å². The zero-order chi connectivity index (χ0) is 14.7. The van der Waals surface area contributed by atoms with Gasteiger partial charge in [-0.15, -0.1) is 0 Å². The van der Waals surface area contributed by atoms with Crippen LogP contribution in [0.15, 0.2) is 45.3 Å². The number of benzene rings is 2.